The molecule has 19 heavy (non-hydrogen) atoms. The third-order valence-electron chi connectivity index (χ3n) is 2.96. The molecule has 1 fully saturated rings. The first-order valence-corrected chi connectivity index (χ1v) is 5.89. The average molecular weight is 269 g/mol. The van der Waals surface area contributed by atoms with E-state index in [1.807, 2.05) is 6.92 Å². The van der Waals surface area contributed by atoms with Crippen molar-refractivity contribution in [3.8, 4) is 0 Å². The molecule has 0 aromatic heterocycles. The van der Waals surface area contributed by atoms with Crippen molar-refractivity contribution in [1.29, 1.82) is 0 Å². The monoisotopic (exact) mass is 269 g/mol. The van der Waals surface area contributed by atoms with Crippen LogP contribution in [0.5, 0.6) is 0 Å². The highest BCUT2D eigenvalue weighted by Gasteiger charge is 2.40. The van der Waals surface area contributed by atoms with Crippen LogP contribution in [0, 0.1) is 23.5 Å². The van der Waals surface area contributed by atoms with E-state index in [0.717, 1.165) is 18.6 Å². The number of carbonyl (C=O) groups is 2. The molecule has 1 N–H and O–H groups in total. The maximum atomic E-state index is 13.2. The summed E-state index contributed by atoms with van der Waals surface area (Å²) in [6.07, 6.45) is 0.771. The minimum atomic E-state index is -0.879. The standard InChI is InChI=1S/C13H13F2NO3/c1-7-4-9(7)13(18)19-6-12(17)16-11-3-2-8(14)5-10(11)15/h2-3,5,7,9H,4,6H2,1H3,(H,16,17). The predicted octanol–water partition coefficient (Wildman–Crippen LogP) is 2.10. The molecule has 0 spiro atoms. The fraction of sp³-hybridized carbons (Fsp3) is 0.385. The molecule has 1 amide bonds. The van der Waals surface area contributed by atoms with E-state index in [9.17, 15) is 18.4 Å². The van der Waals surface area contributed by atoms with Crippen LogP contribution in [0.4, 0.5) is 14.5 Å². The third kappa shape index (κ3) is 3.49. The number of hydrogen-bond donors (Lipinski definition) is 1. The van der Waals surface area contributed by atoms with E-state index in [4.69, 9.17) is 4.74 Å². The normalized spacial score (nSPS) is 20.8. The van der Waals surface area contributed by atoms with Gasteiger partial charge in [0.25, 0.3) is 5.91 Å². The van der Waals surface area contributed by atoms with Crippen LogP contribution in [0.25, 0.3) is 0 Å². The quantitative estimate of drug-likeness (QED) is 0.852. The molecule has 1 aliphatic carbocycles. The summed E-state index contributed by atoms with van der Waals surface area (Å²) in [5, 5.41) is 2.21. The van der Waals surface area contributed by atoms with Gasteiger partial charge in [-0.25, -0.2) is 8.78 Å². The molecule has 1 aromatic carbocycles. The van der Waals surface area contributed by atoms with Crippen molar-refractivity contribution in [1.82, 2.24) is 0 Å². The largest absolute Gasteiger partial charge is 0.455 e. The van der Waals surface area contributed by atoms with Gasteiger partial charge < -0.3 is 10.1 Å². The van der Waals surface area contributed by atoms with Crippen molar-refractivity contribution < 1.29 is 23.1 Å². The number of ether oxygens (including phenoxy) is 1. The molecule has 6 heteroatoms. The molecule has 102 valence electrons. The topological polar surface area (TPSA) is 55.4 Å². The zero-order chi connectivity index (χ0) is 14.0. The van der Waals surface area contributed by atoms with Gasteiger partial charge in [0.1, 0.15) is 11.6 Å². The van der Waals surface area contributed by atoms with E-state index in [0.29, 0.717) is 12.0 Å². The van der Waals surface area contributed by atoms with E-state index < -0.39 is 30.1 Å². The second-order valence-electron chi connectivity index (χ2n) is 4.60. The van der Waals surface area contributed by atoms with Gasteiger partial charge in [0.15, 0.2) is 6.61 Å². The molecule has 0 heterocycles. The van der Waals surface area contributed by atoms with E-state index >= 15 is 0 Å². The second kappa shape index (κ2) is 5.34. The Morgan fingerprint density at radius 2 is 2.11 bits per heavy atom. The summed E-state index contributed by atoms with van der Waals surface area (Å²) in [5.41, 5.74) is -0.151. The number of nitrogens with one attached hydrogen (secondary N) is 1. The van der Waals surface area contributed by atoms with E-state index in [2.05, 4.69) is 5.32 Å². The molecule has 1 aliphatic rings. The van der Waals surface area contributed by atoms with Crippen molar-refractivity contribution in [2.24, 2.45) is 11.8 Å². The Morgan fingerprint density at radius 3 is 2.68 bits per heavy atom. The van der Waals surface area contributed by atoms with Crippen LogP contribution in [0.3, 0.4) is 0 Å². The highest BCUT2D eigenvalue weighted by atomic mass is 19.1. The van der Waals surface area contributed by atoms with Crippen LogP contribution in [0.2, 0.25) is 0 Å². The lowest BCUT2D eigenvalue weighted by molar-refractivity contribution is -0.148. The molecule has 4 nitrogen and oxygen atoms in total. The number of rotatable bonds is 4. The summed E-state index contributed by atoms with van der Waals surface area (Å²) in [7, 11) is 0. The van der Waals surface area contributed by atoms with E-state index in [1.54, 1.807) is 0 Å². The van der Waals surface area contributed by atoms with Crippen molar-refractivity contribution in [3.05, 3.63) is 29.8 Å². The average Bonchev–Trinajstić information content (AvgIpc) is 3.07. The first-order valence-electron chi connectivity index (χ1n) is 5.89. The Hall–Kier alpha value is -1.98. The summed E-state index contributed by atoms with van der Waals surface area (Å²) in [5.74, 6) is -2.52. The summed E-state index contributed by atoms with van der Waals surface area (Å²) in [6.45, 7) is 1.44. The summed E-state index contributed by atoms with van der Waals surface area (Å²) in [4.78, 5) is 22.8. The molecule has 2 unspecified atom stereocenters. The van der Waals surface area contributed by atoms with Gasteiger partial charge >= 0.3 is 5.97 Å². The second-order valence-corrected chi connectivity index (χ2v) is 4.60. The van der Waals surface area contributed by atoms with Gasteiger partial charge in [-0.1, -0.05) is 6.92 Å². The van der Waals surface area contributed by atoms with Crippen molar-refractivity contribution in [3.63, 3.8) is 0 Å². The predicted molar refractivity (Wildman–Crippen MR) is 63.2 cm³/mol. The number of carbonyl (C=O) groups excluding carboxylic acids is 2. The molecular weight excluding hydrogens is 256 g/mol. The fourth-order valence-electron chi connectivity index (χ4n) is 1.67. The molecule has 1 aromatic rings. The van der Waals surface area contributed by atoms with Crippen LogP contribution < -0.4 is 5.32 Å². The summed E-state index contributed by atoms with van der Waals surface area (Å²) >= 11 is 0. The van der Waals surface area contributed by atoms with Crippen molar-refractivity contribution in [2.45, 2.75) is 13.3 Å². The van der Waals surface area contributed by atoms with Crippen LogP contribution in [0.1, 0.15) is 13.3 Å². The first kappa shape index (κ1) is 13.5. The molecule has 0 radical (unpaired) electrons. The first-order chi connectivity index (χ1) is 8.97. The zero-order valence-electron chi connectivity index (χ0n) is 10.3. The Kier molecular flexibility index (Phi) is 3.78. The maximum absolute atomic E-state index is 13.2. The minimum Gasteiger partial charge on any atom is -0.455 e. The SMILES string of the molecule is CC1CC1C(=O)OCC(=O)Nc1ccc(F)cc1F. The molecule has 0 bridgehead atoms. The number of halogens is 2. The molecule has 0 saturated heterocycles. The van der Waals surface area contributed by atoms with Gasteiger partial charge in [-0.2, -0.15) is 0 Å². The Balaban J connectivity index is 1.82. The Morgan fingerprint density at radius 1 is 1.42 bits per heavy atom. The van der Waals surface area contributed by atoms with Crippen LogP contribution >= 0.6 is 0 Å². The van der Waals surface area contributed by atoms with Crippen LogP contribution in [-0.4, -0.2) is 18.5 Å². The van der Waals surface area contributed by atoms with Crippen molar-refractivity contribution >= 4 is 17.6 Å². The molecule has 1 saturated carbocycles. The molecule has 0 aliphatic heterocycles. The van der Waals surface area contributed by atoms with Gasteiger partial charge in [0.2, 0.25) is 0 Å². The van der Waals surface area contributed by atoms with Gasteiger partial charge in [-0.15, -0.1) is 0 Å². The molecule has 2 rings (SSSR count). The smallest absolute Gasteiger partial charge is 0.309 e. The number of anilines is 1. The summed E-state index contributed by atoms with van der Waals surface area (Å²) in [6, 6.07) is 2.79. The van der Waals surface area contributed by atoms with Gasteiger partial charge in [0.05, 0.1) is 11.6 Å². The number of esters is 1. The Labute approximate surface area is 108 Å². The third-order valence-corrected chi connectivity index (χ3v) is 2.96. The molecule has 2 atom stereocenters. The van der Waals surface area contributed by atoms with Crippen molar-refractivity contribution in [2.75, 3.05) is 11.9 Å². The maximum Gasteiger partial charge on any atom is 0.309 e. The summed E-state index contributed by atoms with van der Waals surface area (Å²) < 4.78 is 30.7. The highest BCUT2D eigenvalue weighted by Crippen LogP contribution is 2.38. The highest BCUT2D eigenvalue weighted by molar-refractivity contribution is 5.93. The number of amides is 1. The van der Waals surface area contributed by atoms with Crippen LogP contribution in [-0.2, 0) is 14.3 Å². The lowest BCUT2D eigenvalue weighted by atomic mass is 10.3. The lowest BCUT2D eigenvalue weighted by Gasteiger charge is -2.07. The van der Waals surface area contributed by atoms with Gasteiger partial charge in [0, 0.05) is 6.07 Å². The minimum absolute atomic E-state index is 0.129. The number of benzene rings is 1. The van der Waals surface area contributed by atoms with E-state index in [1.165, 1.54) is 0 Å². The van der Waals surface area contributed by atoms with Gasteiger partial charge in [-0.05, 0) is 24.5 Å². The molecular formula is C13H13F2NO3. The van der Waals surface area contributed by atoms with Crippen LogP contribution in [0.15, 0.2) is 18.2 Å². The van der Waals surface area contributed by atoms with E-state index in [-0.39, 0.29) is 11.6 Å². The fourth-order valence-corrected chi connectivity index (χ4v) is 1.67. The zero-order valence-corrected chi connectivity index (χ0v) is 10.3. The lowest BCUT2D eigenvalue weighted by Crippen LogP contribution is -2.22. The number of hydrogen-bond acceptors (Lipinski definition) is 3. The van der Waals surface area contributed by atoms with Gasteiger partial charge in [-0.3, -0.25) is 9.59 Å². The Bertz CT molecular complexity index is 519.